The number of fused-ring (bicyclic) bond motifs is 9. The van der Waals surface area contributed by atoms with Crippen LogP contribution in [-0.2, 0) is 5.41 Å². The third kappa shape index (κ3) is 3.70. The Bertz CT molecular complexity index is 2700. The summed E-state index contributed by atoms with van der Waals surface area (Å²) in [6, 6.07) is 60.5. The molecule has 1 aliphatic heterocycles. The van der Waals surface area contributed by atoms with Crippen molar-refractivity contribution in [3.05, 3.63) is 175 Å². The van der Waals surface area contributed by atoms with Crippen LogP contribution in [0.2, 0.25) is 0 Å². The van der Waals surface area contributed by atoms with Gasteiger partial charge in [-0.3, -0.25) is 0 Å². The van der Waals surface area contributed by atoms with E-state index in [2.05, 4.69) is 187 Å². The topological polar surface area (TPSA) is 9.86 Å². The third-order valence-corrected chi connectivity index (χ3v) is 10.8. The van der Waals surface area contributed by atoms with Gasteiger partial charge < -0.3 is 9.13 Å². The predicted octanol–water partition coefficient (Wildman–Crippen LogP) is 9.04. The maximum atomic E-state index is 2.53. The van der Waals surface area contributed by atoms with Crippen molar-refractivity contribution in [1.29, 1.82) is 0 Å². The van der Waals surface area contributed by atoms with Crippen molar-refractivity contribution < 1.29 is 0 Å². The van der Waals surface area contributed by atoms with E-state index in [1.165, 1.54) is 82.5 Å². The monoisotopic (exact) mass is 612 g/mol. The predicted molar refractivity (Wildman–Crippen MR) is 205 cm³/mol. The molecule has 48 heavy (non-hydrogen) atoms. The van der Waals surface area contributed by atoms with Gasteiger partial charge in [-0.2, -0.15) is 0 Å². The second-order valence-corrected chi connectivity index (χ2v) is 13.7. The molecule has 0 amide bonds. The Morgan fingerprint density at radius 2 is 1.06 bits per heavy atom. The molecule has 0 saturated heterocycles. The highest BCUT2D eigenvalue weighted by atomic mass is 15.0. The zero-order chi connectivity index (χ0) is 32.0. The molecule has 9 aromatic rings. The lowest BCUT2D eigenvalue weighted by Crippen LogP contribution is -2.60. The highest BCUT2D eigenvalue weighted by Gasteiger charge is 2.40. The van der Waals surface area contributed by atoms with Crippen LogP contribution in [0.15, 0.2) is 164 Å². The van der Waals surface area contributed by atoms with Crippen LogP contribution in [0.5, 0.6) is 0 Å². The smallest absolute Gasteiger partial charge is 0.241 e. The zero-order valence-corrected chi connectivity index (χ0v) is 27.1. The number of rotatable bonds is 3. The Morgan fingerprint density at radius 3 is 1.85 bits per heavy atom. The van der Waals surface area contributed by atoms with Gasteiger partial charge in [-0.05, 0) is 53.6 Å². The summed E-state index contributed by atoms with van der Waals surface area (Å²) < 4.78 is 4.95. The van der Waals surface area contributed by atoms with Gasteiger partial charge in [0.1, 0.15) is 0 Å². The van der Waals surface area contributed by atoms with E-state index >= 15 is 0 Å². The molecule has 0 atom stereocenters. The van der Waals surface area contributed by atoms with Crippen molar-refractivity contribution >= 4 is 66.7 Å². The molecule has 2 aromatic heterocycles. The Labute approximate surface area is 280 Å². The number of hydrogen-bond donors (Lipinski definition) is 0. The summed E-state index contributed by atoms with van der Waals surface area (Å²) in [5.74, 6) is 0. The second-order valence-electron chi connectivity index (χ2n) is 13.7. The van der Waals surface area contributed by atoms with E-state index in [-0.39, 0.29) is 12.1 Å². The molecule has 1 aliphatic rings. The minimum atomic E-state index is -0.162. The number of benzene rings is 7. The fourth-order valence-corrected chi connectivity index (χ4v) is 8.74. The molecule has 0 aliphatic carbocycles. The average Bonchev–Trinajstić information content (AvgIpc) is 3.66. The Hall–Kier alpha value is -5.80. The molecule has 0 unspecified atom stereocenters. The first-order valence-electron chi connectivity index (χ1n) is 16.9. The van der Waals surface area contributed by atoms with Gasteiger partial charge in [0.25, 0.3) is 0 Å². The van der Waals surface area contributed by atoms with Crippen LogP contribution in [0.1, 0.15) is 25.0 Å². The lowest BCUT2D eigenvalue weighted by atomic mass is 9.31. The van der Waals surface area contributed by atoms with E-state index in [9.17, 15) is 0 Å². The fourth-order valence-electron chi connectivity index (χ4n) is 8.74. The normalized spacial score (nSPS) is 13.8. The summed E-state index contributed by atoms with van der Waals surface area (Å²) in [5, 5.41) is 5.10. The minimum Gasteiger partial charge on any atom is -0.309 e. The van der Waals surface area contributed by atoms with Crippen LogP contribution in [0.4, 0.5) is 0 Å². The number of hydrogen-bond acceptors (Lipinski definition) is 0. The van der Waals surface area contributed by atoms with Gasteiger partial charge >= 0.3 is 0 Å². The van der Waals surface area contributed by atoms with E-state index in [0.29, 0.717) is 0 Å². The molecule has 0 bridgehead atoms. The van der Waals surface area contributed by atoms with Crippen LogP contribution in [0, 0.1) is 0 Å². The summed E-state index contributed by atoms with van der Waals surface area (Å²) in [6.45, 7) is 4.98. The molecular weight excluding hydrogens is 579 g/mol. The molecule has 0 spiro atoms. The maximum Gasteiger partial charge on any atom is 0.241 e. The van der Waals surface area contributed by atoms with E-state index in [1.807, 2.05) is 0 Å². The summed E-state index contributed by atoms with van der Waals surface area (Å²) in [6.07, 6.45) is 0. The molecule has 2 nitrogen and oxygen atoms in total. The summed E-state index contributed by atoms with van der Waals surface area (Å²) in [5.41, 5.74) is 14.0. The van der Waals surface area contributed by atoms with Gasteiger partial charge in [0.05, 0.1) is 22.1 Å². The van der Waals surface area contributed by atoms with E-state index in [0.717, 1.165) is 0 Å². The first-order valence-corrected chi connectivity index (χ1v) is 16.9. The van der Waals surface area contributed by atoms with Crippen LogP contribution in [0.25, 0.3) is 55.0 Å². The summed E-state index contributed by atoms with van der Waals surface area (Å²) in [4.78, 5) is 0. The zero-order valence-electron chi connectivity index (χ0n) is 27.1. The Balaban J connectivity index is 1.32. The molecule has 226 valence electrons. The standard InChI is InChI=1S/C45H33BN2/c1-45(2)36-21-11-12-22-38(36)46(30-15-5-3-6-16-30)39-27-25-32(29-37(39)45)48-40-23-13-9-19-33(40)34-26-28-42-43(44(34)48)35-20-10-14-24-41(35)47(42)31-17-7-4-8-18-31/h3-29H,1-2H3. The number of aromatic nitrogens is 2. The van der Waals surface area contributed by atoms with Crippen LogP contribution in [-0.4, -0.2) is 15.8 Å². The van der Waals surface area contributed by atoms with Gasteiger partial charge in [0.2, 0.25) is 6.71 Å². The van der Waals surface area contributed by atoms with Crippen molar-refractivity contribution in [2.75, 3.05) is 0 Å². The van der Waals surface area contributed by atoms with Crippen LogP contribution < -0.4 is 16.4 Å². The van der Waals surface area contributed by atoms with Crippen LogP contribution in [0.3, 0.4) is 0 Å². The van der Waals surface area contributed by atoms with Crippen LogP contribution >= 0.6 is 0 Å². The third-order valence-electron chi connectivity index (χ3n) is 10.8. The Kier molecular flexibility index (Phi) is 5.75. The molecule has 0 fully saturated rings. The van der Waals surface area contributed by atoms with Gasteiger partial charge in [-0.25, -0.2) is 0 Å². The SMILES string of the molecule is CC1(C)c2ccccc2B(c2ccccc2)c2ccc(-n3c4ccccc4c4ccc5c(c6ccccc6n5-c5ccccc5)c43)cc21. The van der Waals surface area contributed by atoms with Gasteiger partial charge in [0.15, 0.2) is 0 Å². The van der Waals surface area contributed by atoms with E-state index in [4.69, 9.17) is 0 Å². The van der Waals surface area contributed by atoms with Crippen molar-refractivity contribution in [1.82, 2.24) is 9.13 Å². The molecule has 0 N–H and O–H groups in total. The van der Waals surface area contributed by atoms with Crippen molar-refractivity contribution in [2.24, 2.45) is 0 Å². The highest BCUT2D eigenvalue weighted by molar-refractivity contribution is 6.96. The summed E-state index contributed by atoms with van der Waals surface area (Å²) in [7, 11) is 0. The van der Waals surface area contributed by atoms with Crippen molar-refractivity contribution in [3.63, 3.8) is 0 Å². The Morgan fingerprint density at radius 1 is 0.438 bits per heavy atom. The van der Waals surface area contributed by atoms with Crippen molar-refractivity contribution in [2.45, 2.75) is 19.3 Å². The lowest BCUT2D eigenvalue weighted by Gasteiger charge is -2.39. The van der Waals surface area contributed by atoms with E-state index in [1.54, 1.807) is 0 Å². The fraction of sp³-hybridized carbons (Fsp3) is 0.0667. The minimum absolute atomic E-state index is 0.162. The summed E-state index contributed by atoms with van der Waals surface area (Å²) >= 11 is 0. The molecule has 7 aromatic carbocycles. The highest BCUT2D eigenvalue weighted by Crippen LogP contribution is 2.42. The first kappa shape index (κ1) is 27.3. The quantitative estimate of drug-likeness (QED) is 0.176. The maximum absolute atomic E-state index is 2.53. The lowest BCUT2D eigenvalue weighted by molar-refractivity contribution is 0.645. The number of para-hydroxylation sites is 3. The average molecular weight is 613 g/mol. The first-order chi connectivity index (χ1) is 23.6. The van der Waals surface area contributed by atoms with Gasteiger partial charge in [0, 0.05) is 38.3 Å². The number of nitrogens with zero attached hydrogens (tertiary/aromatic N) is 2. The van der Waals surface area contributed by atoms with Gasteiger partial charge in [-0.15, -0.1) is 0 Å². The molecule has 3 heteroatoms. The largest absolute Gasteiger partial charge is 0.309 e. The molecule has 3 heterocycles. The molecular formula is C45H33BN2. The molecule has 0 saturated carbocycles. The molecule has 10 rings (SSSR count). The van der Waals surface area contributed by atoms with E-state index < -0.39 is 0 Å². The van der Waals surface area contributed by atoms with Crippen molar-refractivity contribution in [3.8, 4) is 11.4 Å². The molecule has 0 radical (unpaired) electrons. The van der Waals surface area contributed by atoms with Gasteiger partial charge in [-0.1, -0.05) is 152 Å². The second kappa shape index (κ2) is 10.1.